The van der Waals surface area contributed by atoms with Gasteiger partial charge >= 0.3 is 6.18 Å². The quantitative estimate of drug-likeness (QED) is 0.598. The molecule has 4 rings (SSSR count). The minimum atomic E-state index is -4.42. The van der Waals surface area contributed by atoms with Crippen molar-refractivity contribution in [2.24, 2.45) is 5.73 Å². The molecule has 0 atom stereocenters. The number of amides is 1. The third kappa shape index (κ3) is 5.52. The lowest BCUT2D eigenvalue weighted by molar-refractivity contribution is -0.137. The molecular weight excluding hydrogens is 495 g/mol. The highest BCUT2D eigenvalue weighted by atomic mass is 32.2. The number of sulfonamides is 1. The van der Waals surface area contributed by atoms with Crippen molar-refractivity contribution >= 4 is 15.9 Å². The summed E-state index contributed by atoms with van der Waals surface area (Å²) < 4.78 is 71.0. The van der Waals surface area contributed by atoms with Crippen molar-refractivity contribution in [3.63, 3.8) is 0 Å². The fraction of sp³-hybridized carbons (Fsp3) is 0.480. The predicted octanol–water partition coefficient (Wildman–Crippen LogP) is 3.40. The third-order valence-corrected chi connectivity index (χ3v) is 9.72. The molecule has 0 aliphatic carbocycles. The molecule has 0 bridgehead atoms. The zero-order valence-electron chi connectivity index (χ0n) is 19.8. The molecule has 7 nitrogen and oxygen atoms in total. The van der Waals surface area contributed by atoms with Crippen molar-refractivity contribution in [2.45, 2.75) is 49.3 Å². The zero-order chi connectivity index (χ0) is 26.0. The number of benzene rings is 2. The van der Waals surface area contributed by atoms with Crippen molar-refractivity contribution < 1.29 is 31.1 Å². The SMILES string of the molecule is NC(=O)C1(S(=O)(=O)N2CCC(Oc3ccc(C(F)(F)F)cc3)CC2)CCN(Cc2ccccc2)CC1. The molecule has 0 aromatic heterocycles. The molecule has 11 heteroatoms. The number of ether oxygens (including phenoxy) is 1. The number of nitrogens with zero attached hydrogens (tertiary/aromatic N) is 2. The van der Waals surface area contributed by atoms with Gasteiger partial charge in [0.25, 0.3) is 0 Å². The molecule has 36 heavy (non-hydrogen) atoms. The van der Waals surface area contributed by atoms with Crippen LogP contribution in [0.1, 0.15) is 36.8 Å². The van der Waals surface area contributed by atoms with Gasteiger partial charge in [-0.25, -0.2) is 12.7 Å². The highest BCUT2D eigenvalue weighted by Crippen LogP contribution is 2.36. The molecule has 196 valence electrons. The lowest BCUT2D eigenvalue weighted by Crippen LogP contribution is -2.61. The van der Waals surface area contributed by atoms with Crippen LogP contribution in [-0.4, -0.2) is 60.6 Å². The fourth-order valence-corrected chi connectivity index (χ4v) is 7.04. The number of hydrogen-bond donors (Lipinski definition) is 1. The first-order valence-corrected chi connectivity index (χ1v) is 13.4. The van der Waals surface area contributed by atoms with Gasteiger partial charge in [-0.3, -0.25) is 9.69 Å². The summed E-state index contributed by atoms with van der Waals surface area (Å²) in [4.78, 5) is 14.6. The second-order valence-electron chi connectivity index (χ2n) is 9.36. The molecule has 1 amide bonds. The summed E-state index contributed by atoms with van der Waals surface area (Å²) in [7, 11) is -4.01. The Bertz CT molecular complexity index is 1140. The molecule has 2 aromatic rings. The van der Waals surface area contributed by atoms with E-state index >= 15 is 0 Å². The van der Waals surface area contributed by atoms with Gasteiger partial charge in [0.1, 0.15) is 11.9 Å². The first-order chi connectivity index (χ1) is 17.0. The maximum absolute atomic E-state index is 13.6. The highest BCUT2D eigenvalue weighted by Gasteiger charge is 2.54. The topological polar surface area (TPSA) is 92.9 Å². The second kappa shape index (κ2) is 10.4. The molecule has 2 heterocycles. The van der Waals surface area contributed by atoms with E-state index < -0.39 is 32.4 Å². The minimum Gasteiger partial charge on any atom is -0.490 e. The number of alkyl halides is 3. The van der Waals surface area contributed by atoms with E-state index in [-0.39, 0.29) is 32.0 Å². The van der Waals surface area contributed by atoms with Crippen LogP contribution in [0.4, 0.5) is 13.2 Å². The van der Waals surface area contributed by atoms with E-state index in [4.69, 9.17) is 10.5 Å². The van der Waals surface area contributed by atoms with Gasteiger partial charge in [-0.15, -0.1) is 0 Å². The number of carbonyl (C=O) groups is 1. The van der Waals surface area contributed by atoms with Crippen molar-refractivity contribution in [3.8, 4) is 5.75 Å². The van der Waals surface area contributed by atoms with Gasteiger partial charge in [-0.1, -0.05) is 30.3 Å². The van der Waals surface area contributed by atoms with Gasteiger partial charge < -0.3 is 10.5 Å². The zero-order valence-corrected chi connectivity index (χ0v) is 20.6. The van der Waals surface area contributed by atoms with Crippen LogP contribution >= 0.6 is 0 Å². The summed E-state index contributed by atoms with van der Waals surface area (Å²) in [5.41, 5.74) is 6.05. The smallest absolute Gasteiger partial charge is 0.416 e. The van der Waals surface area contributed by atoms with Crippen LogP contribution in [0.25, 0.3) is 0 Å². The normalized spacial score (nSPS) is 20.2. The molecule has 2 fully saturated rings. The molecule has 0 radical (unpaired) electrons. The van der Waals surface area contributed by atoms with Crippen LogP contribution < -0.4 is 10.5 Å². The standard InChI is InChI=1S/C25H30F3N3O4S/c26-25(27,28)20-6-8-21(9-7-20)35-22-10-14-31(15-11-22)36(33,34)24(23(29)32)12-16-30(17-13-24)18-19-4-2-1-3-5-19/h1-9,22H,10-18H2,(H2,29,32). The monoisotopic (exact) mass is 525 g/mol. The number of rotatable bonds is 7. The average molecular weight is 526 g/mol. The van der Waals surface area contributed by atoms with Crippen LogP contribution in [0.15, 0.2) is 54.6 Å². The molecule has 2 N–H and O–H groups in total. The number of primary amides is 1. The third-order valence-electron chi connectivity index (χ3n) is 7.08. The largest absolute Gasteiger partial charge is 0.490 e. The molecule has 0 spiro atoms. The van der Waals surface area contributed by atoms with Gasteiger partial charge in [-0.05, 0) is 55.5 Å². The van der Waals surface area contributed by atoms with E-state index in [2.05, 4.69) is 4.90 Å². The number of hydrogen-bond acceptors (Lipinski definition) is 5. The number of piperidine rings is 2. The Morgan fingerprint density at radius 1 is 0.972 bits per heavy atom. The summed E-state index contributed by atoms with van der Waals surface area (Å²) in [6, 6.07) is 14.3. The van der Waals surface area contributed by atoms with E-state index in [1.807, 2.05) is 30.3 Å². The second-order valence-corrected chi connectivity index (χ2v) is 11.6. The van der Waals surface area contributed by atoms with Crippen LogP contribution in [0.2, 0.25) is 0 Å². The Labute approximate surface area is 209 Å². The summed E-state index contributed by atoms with van der Waals surface area (Å²) in [5, 5.41) is 0. The minimum absolute atomic E-state index is 0.124. The highest BCUT2D eigenvalue weighted by molar-refractivity contribution is 7.91. The molecule has 2 aliphatic heterocycles. The maximum atomic E-state index is 13.6. The van der Waals surface area contributed by atoms with E-state index in [9.17, 15) is 26.4 Å². The van der Waals surface area contributed by atoms with E-state index in [1.54, 1.807) is 0 Å². The molecule has 0 saturated carbocycles. The van der Waals surface area contributed by atoms with Crippen molar-refractivity contribution in [2.75, 3.05) is 26.2 Å². The molecule has 0 unspecified atom stereocenters. The molecule has 2 aliphatic rings. The summed E-state index contributed by atoms with van der Waals surface area (Å²) >= 11 is 0. The average Bonchev–Trinajstić information content (AvgIpc) is 2.85. The lowest BCUT2D eigenvalue weighted by atomic mass is 9.94. The van der Waals surface area contributed by atoms with Gasteiger partial charge in [0.2, 0.25) is 15.9 Å². The lowest BCUT2D eigenvalue weighted by Gasteiger charge is -2.43. The Morgan fingerprint density at radius 3 is 2.08 bits per heavy atom. The first-order valence-electron chi connectivity index (χ1n) is 11.9. The van der Waals surface area contributed by atoms with Crippen molar-refractivity contribution in [1.82, 2.24) is 9.21 Å². The van der Waals surface area contributed by atoms with Gasteiger partial charge in [0.05, 0.1) is 5.56 Å². The van der Waals surface area contributed by atoms with E-state index in [0.717, 1.165) is 17.7 Å². The molecule has 2 saturated heterocycles. The summed E-state index contributed by atoms with van der Waals surface area (Å²) in [6.07, 6.45) is -3.80. The fourth-order valence-electron chi connectivity index (χ4n) is 4.90. The Balaban J connectivity index is 1.36. The Kier molecular flexibility index (Phi) is 7.63. The summed E-state index contributed by atoms with van der Waals surface area (Å²) in [5.74, 6) is -0.534. The first kappa shape index (κ1) is 26.4. The van der Waals surface area contributed by atoms with Gasteiger partial charge in [0.15, 0.2) is 4.75 Å². The van der Waals surface area contributed by atoms with Gasteiger partial charge in [-0.2, -0.15) is 13.2 Å². The van der Waals surface area contributed by atoms with E-state index in [1.165, 1.54) is 16.4 Å². The van der Waals surface area contributed by atoms with Gasteiger partial charge in [0, 0.05) is 32.7 Å². The summed E-state index contributed by atoms with van der Waals surface area (Å²) in [6.45, 7) is 1.84. The number of likely N-dealkylation sites (tertiary alicyclic amines) is 1. The van der Waals surface area contributed by atoms with Crippen LogP contribution in [0.3, 0.4) is 0 Å². The molecular formula is C25H30F3N3O4S. The van der Waals surface area contributed by atoms with Crippen LogP contribution in [0, 0.1) is 0 Å². The van der Waals surface area contributed by atoms with Crippen molar-refractivity contribution in [3.05, 3.63) is 65.7 Å². The number of carbonyl (C=O) groups excluding carboxylic acids is 1. The predicted molar refractivity (Wildman–Crippen MR) is 128 cm³/mol. The van der Waals surface area contributed by atoms with Crippen molar-refractivity contribution in [1.29, 1.82) is 0 Å². The molecule has 2 aromatic carbocycles. The maximum Gasteiger partial charge on any atom is 0.416 e. The number of nitrogens with two attached hydrogens (primary N) is 1. The van der Waals surface area contributed by atoms with Crippen LogP contribution in [0.5, 0.6) is 5.75 Å². The van der Waals surface area contributed by atoms with E-state index in [0.29, 0.717) is 38.2 Å². The number of halogens is 3. The Hall–Kier alpha value is -2.63. The van der Waals surface area contributed by atoms with Crippen LogP contribution in [-0.2, 0) is 27.5 Å². The Morgan fingerprint density at radius 2 is 1.56 bits per heavy atom.